The number of hydrogen-bond acceptors (Lipinski definition) is 6. The number of aliphatic hydroxyl groups is 1. The first-order valence-corrected chi connectivity index (χ1v) is 7.06. The van der Waals surface area contributed by atoms with E-state index in [2.05, 4.69) is 9.97 Å². The highest BCUT2D eigenvalue weighted by atomic mass is 32.2. The molecule has 2 aromatic rings. The first kappa shape index (κ1) is 12.4. The molecule has 0 spiro atoms. The third-order valence-electron chi connectivity index (χ3n) is 2.15. The van der Waals surface area contributed by atoms with Crippen LogP contribution in [0.3, 0.4) is 0 Å². The number of aromatic amines is 1. The Morgan fingerprint density at radius 2 is 2.47 bits per heavy atom. The fourth-order valence-electron chi connectivity index (χ4n) is 1.34. The second kappa shape index (κ2) is 5.52. The van der Waals surface area contributed by atoms with Gasteiger partial charge >= 0.3 is 0 Å². The molecule has 0 aliphatic heterocycles. The van der Waals surface area contributed by atoms with Crippen LogP contribution in [0.25, 0.3) is 10.2 Å². The second-order valence-corrected chi connectivity index (χ2v) is 5.27. The standard InChI is InChI=1S/C10H12N2O3S2/c1-2-6-3-7-8(14)11-10(12-9(7)17-6)15-5-16-4-13/h3,13H,2,4-5H2,1H3,(H,11,12,14). The molecular weight excluding hydrogens is 260 g/mol. The minimum atomic E-state index is -0.185. The van der Waals surface area contributed by atoms with Crippen LogP contribution in [0.4, 0.5) is 0 Å². The van der Waals surface area contributed by atoms with Gasteiger partial charge in [0.25, 0.3) is 11.6 Å². The summed E-state index contributed by atoms with van der Waals surface area (Å²) in [7, 11) is 0. The van der Waals surface area contributed by atoms with Crippen molar-refractivity contribution in [2.45, 2.75) is 13.3 Å². The quantitative estimate of drug-likeness (QED) is 0.638. The molecule has 0 unspecified atom stereocenters. The van der Waals surface area contributed by atoms with Crippen LogP contribution in [0.1, 0.15) is 11.8 Å². The van der Waals surface area contributed by atoms with Crippen molar-refractivity contribution in [1.29, 1.82) is 0 Å². The summed E-state index contributed by atoms with van der Waals surface area (Å²) < 4.78 is 5.22. The lowest BCUT2D eigenvalue weighted by Crippen LogP contribution is -2.09. The monoisotopic (exact) mass is 272 g/mol. The lowest BCUT2D eigenvalue weighted by molar-refractivity contribution is 0.347. The molecule has 0 bridgehead atoms. The number of rotatable bonds is 5. The summed E-state index contributed by atoms with van der Waals surface area (Å²) in [5, 5.41) is 9.20. The zero-order chi connectivity index (χ0) is 12.3. The number of fused-ring (bicyclic) bond motifs is 1. The Balaban J connectivity index is 2.30. The fourth-order valence-corrected chi connectivity index (χ4v) is 2.57. The molecule has 0 aliphatic carbocycles. The number of nitrogens with zero attached hydrogens (tertiary/aromatic N) is 1. The van der Waals surface area contributed by atoms with Crippen molar-refractivity contribution < 1.29 is 9.84 Å². The Kier molecular flexibility index (Phi) is 4.03. The van der Waals surface area contributed by atoms with Gasteiger partial charge in [0.15, 0.2) is 0 Å². The summed E-state index contributed by atoms with van der Waals surface area (Å²) in [6.07, 6.45) is 0.886. The maximum atomic E-state index is 11.7. The number of thioether (sulfide) groups is 1. The van der Waals surface area contributed by atoms with Crippen LogP contribution in [0.5, 0.6) is 6.01 Å². The van der Waals surface area contributed by atoms with Gasteiger partial charge in [0.05, 0.1) is 11.3 Å². The minimum absolute atomic E-state index is 0.0224. The minimum Gasteiger partial charge on any atom is -0.454 e. The SMILES string of the molecule is CCc1cc2c(=O)[nH]c(OCSCO)nc2s1. The van der Waals surface area contributed by atoms with E-state index in [9.17, 15) is 4.79 Å². The first-order chi connectivity index (χ1) is 8.24. The number of H-pyrrole nitrogens is 1. The Labute approximate surface area is 106 Å². The second-order valence-electron chi connectivity index (χ2n) is 3.25. The van der Waals surface area contributed by atoms with E-state index in [1.54, 1.807) is 0 Å². The third-order valence-corrected chi connectivity index (χ3v) is 3.79. The summed E-state index contributed by atoms with van der Waals surface area (Å²) in [6.45, 7) is 2.04. The van der Waals surface area contributed by atoms with Crippen LogP contribution in [0.2, 0.25) is 0 Å². The largest absolute Gasteiger partial charge is 0.454 e. The maximum absolute atomic E-state index is 11.7. The average Bonchev–Trinajstić information content (AvgIpc) is 2.73. The van der Waals surface area contributed by atoms with Gasteiger partial charge in [0, 0.05) is 4.88 Å². The molecule has 2 heterocycles. The molecule has 0 aromatic carbocycles. The number of hydrogen-bond donors (Lipinski definition) is 2. The van der Waals surface area contributed by atoms with Crippen molar-refractivity contribution in [2.75, 3.05) is 11.9 Å². The van der Waals surface area contributed by atoms with E-state index in [4.69, 9.17) is 9.84 Å². The van der Waals surface area contributed by atoms with Crippen LogP contribution < -0.4 is 10.3 Å². The van der Waals surface area contributed by atoms with Gasteiger partial charge in [-0.2, -0.15) is 4.98 Å². The van der Waals surface area contributed by atoms with Crippen molar-refractivity contribution in [1.82, 2.24) is 9.97 Å². The lowest BCUT2D eigenvalue weighted by atomic mass is 10.3. The van der Waals surface area contributed by atoms with E-state index in [1.807, 2.05) is 13.0 Å². The number of thiophene rings is 1. The number of aryl methyl sites for hydroxylation is 1. The Hall–Kier alpha value is -1.05. The van der Waals surface area contributed by atoms with Gasteiger partial charge in [-0.25, -0.2) is 0 Å². The van der Waals surface area contributed by atoms with Crippen LogP contribution >= 0.6 is 23.1 Å². The van der Waals surface area contributed by atoms with Crippen LogP contribution in [0.15, 0.2) is 10.9 Å². The molecule has 92 valence electrons. The molecule has 0 radical (unpaired) electrons. The van der Waals surface area contributed by atoms with Crippen LogP contribution in [-0.4, -0.2) is 27.0 Å². The summed E-state index contributed by atoms with van der Waals surface area (Å²) in [5.74, 6) is 0.239. The van der Waals surface area contributed by atoms with Crippen molar-refractivity contribution in [3.05, 3.63) is 21.3 Å². The Bertz CT molecular complexity index is 564. The van der Waals surface area contributed by atoms with Gasteiger partial charge in [-0.05, 0) is 12.5 Å². The molecule has 5 nitrogen and oxygen atoms in total. The summed E-state index contributed by atoms with van der Waals surface area (Å²) >= 11 is 2.70. The van der Waals surface area contributed by atoms with E-state index in [-0.39, 0.29) is 23.4 Å². The molecular formula is C10H12N2O3S2. The first-order valence-electron chi connectivity index (χ1n) is 5.08. The van der Waals surface area contributed by atoms with Gasteiger partial charge in [0.1, 0.15) is 10.8 Å². The van der Waals surface area contributed by atoms with E-state index < -0.39 is 0 Å². The van der Waals surface area contributed by atoms with Crippen molar-refractivity contribution in [2.24, 2.45) is 0 Å². The highest BCUT2D eigenvalue weighted by molar-refractivity contribution is 7.98. The number of aromatic nitrogens is 2. The van der Waals surface area contributed by atoms with Crippen LogP contribution in [-0.2, 0) is 6.42 Å². The molecule has 0 atom stereocenters. The normalized spacial score (nSPS) is 10.9. The molecule has 0 saturated carbocycles. The zero-order valence-electron chi connectivity index (χ0n) is 9.23. The van der Waals surface area contributed by atoms with Gasteiger partial charge < -0.3 is 9.84 Å². The molecule has 0 saturated heterocycles. The highest BCUT2D eigenvalue weighted by Gasteiger charge is 2.08. The van der Waals surface area contributed by atoms with E-state index in [0.717, 1.165) is 11.3 Å². The van der Waals surface area contributed by atoms with Gasteiger partial charge in [-0.1, -0.05) is 18.7 Å². The topological polar surface area (TPSA) is 75.2 Å². The van der Waals surface area contributed by atoms with Crippen LogP contribution in [0, 0.1) is 0 Å². The number of nitrogens with one attached hydrogen (secondary N) is 1. The molecule has 17 heavy (non-hydrogen) atoms. The van der Waals surface area contributed by atoms with E-state index in [1.165, 1.54) is 23.1 Å². The predicted octanol–water partition coefficient (Wildman–Crippen LogP) is 1.57. The number of aliphatic hydroxyl groups excluding tert-OH is 1. The lowest BCUT2D eigenvalue weighted by Gasteiger charge is -2.02. The van der Waals surface area contributed by atoms with Gasteiger partial charge in [0.2, 0.25) is 0 Å². The highest BCUT2D eigenvalue weighted by Crippen LogP contribution is 2.22. The molecule has 2 aromatic heterocycles. The number of ether oxygens (including phenoxy) is 1. The maximum Gasteiger partial charge on any atom is 0.298 e. The van der Waals surface area contributed by atoms with Crippen molar-refractivity contribution in [3.63, 3.8) is 0 Å². The Morgan fingerprint density at radius 3 is 3.18 bits per heavy atom. The van der Waals surface area contributed by atoms with Gasteiger partial charge in [-0.3, -0.25) is 9.78 Å². The van der Waals surface area contributed by atoms with Crippen molar-refractivity contribution >= 4 is 33.3 Å². The fraction of sp³-hybridized carbons (Fsp3) is 0.400. The zero-order valence-corrected chi connectivity index (χ0v) is 10.9. The third kappa shape index (κ3) is 2.80. The van der Waals surface area contributed by atoms with Gasteiger partial charge in [-0.15, -0.1) is 11.3 Å². The predicted molar refractivity (Wildman–Crippen MR) is 69.8 cm³/mol. The molecule has 0 aliphatic rings. The molecule has 2 rings (SSSR count). The summed E-state index contributed by atoms with van der Waals surface area (Å²) in [6, 6.07) is 2.06. The summed E-state index contributed by atoms with van der Waals surface area (Å²) in [4.78, 5) is 20.3. The average molecular weight is 272 g/mol. The van der Waals surface area contributed by atoms with E-state index >= 15 is 0 Å². The van der Waals surface area contributed by atoms with Crippen molar-refractivity contribution in [3.8, 4) is 6.01 Å². The molecule has 2 N–H and O–H groups in total. The Morgan fingerprint density at radius 1 is 1.65 bits per heavy atom. The molecule has 0 amide bonds. The summed E-state index contributed by atoms with van der Waals surface area (Å²) in [5.41, 5.74) is -0.185. The van der Waals surface area contributed by atoms with E-state index in [0.29, 0.717) is 10.2 Å². The smallest absolute Gasteiger partial charge is 0.298 e. The molecule has 7 heteroatoms. The molecule has 0 fully saturated rings.